The van der Waals surface area contributed by atoms with Gasteiger partial charge in [0.05, 0.1) is 6.04 Å². The average molecular weight is 285 g/mol. The maximum absolute atomic E-state index is 11.6. The molecule has 3 rings (SSSR count). The molecule has 0 saturated carbocycles. The number of rotatable bonds is 3. The predicted octanol–water partition coefficient (Wildman–Crippen LogP) is 2.87. The smallest absolute Gasteiger partial charge is 0.321 e. The third-order valence-corrected chi connectivity index (χ3v) is 3.82. The van der Waals surface area contributed by atoms with Crippen molar-refractivity contribution in [2.45, 2.75) is 25.9 Å². The Bertz CT molecular complexity index is 678. The second-order valence-electron chi connectivity index (χ2n) is 5.34. The maximum Gasteiger partial charge on any atom is 0.321 e. The largest absolute Gasteiger partial charge is 0.464 e. The summed E-state index contributed by atoms with van der Waals surface area (Å²) >= 11 is 0. The van der Waals surface area contributed by atoms with Gasteiger partial charge in [-0.2, -0.15) is 0 Å². The number of hydrogen-bond acceptors (Lipinski definition) is 3. The van der Waals surface area contributed by atoms with Crippen LogP contribution in [0.5, 0.6) is 0 Å². The fourth-order valence-corrected chi connectivity index (χ4v) is 2.51. The highest BCUT2D eigenvalue weighted by atomic mass is 16.3. The van der Waals surface area contributed by atoms with E-state index in [9.17, 15) is 4.79 Å². The molecule has 3 N–H and O–H groups in total. The highest BCUT2D eigenvalue weighted by molar-refractivity contribution is 5.92. The summed E-state index contributed by atoms with van der Waals surface area (Å²) in [6.07, 6.45) is 0.855. The van der Waals surface area contributed by atoms with Crippen LogP contribution in [0.2, 0.25) is 0 Å². The van der Waals surface area contributed by atoms with Crippen molar-refractivity contribution in [1.82, 2.24) is 4.90 Å². The van der Waals surface area contributed by atoms with E-state index in [4.69, 9.17) is 10.2 Å². The van der Waals surface area contributed by atoms with Crippen molar-refractivity contribution in [2.75, 3.05) is 12.4 Å². The van der Waals surface area contributed by atoms with Gasteiger partial charge in [0.15, 0.2) is 0 Å². The van der Waals surface area contributed by atoms with Crippen molar-refractivity contribution in [1.29, 1.82) is 0 Å². The lowest BCUT2D eigenvalue weighted by molar-refractivity contribution is 0.218. The van der Waals surface area contributed by atoms with Gasteiger partial charge in [0.2, 0.25) is 0 Å². The van der Waals surface area contributed by atoms with Crippen molar-refractivity contribution in [3.63, 3.8) is 0 Å². The molecule has 1 aliphatic rings. The summed E-state index contributed by atoms with van der Waals surface area (Å²) in [6, 6.07) is 9.38. The molecule has 0 radical (unpaired) electrons. The van der Waals surface area contributed by atoms with Gasteiger partial charge in [-0.25, -0.2) is 4.79 Å². The number of nitrogens with one attached hydrogen (secondary N) is 1. The van der Waals surface area contributed by atoms with Crippen LogP contribution < -0.4 is 11.1 Å². The molecular formula is C16H19N3O2. The first kappa shape index (κ1) is 13.7. The van der Waals surface area contributed by atoms with Gasteiger partial charge in [-0.3, -0.25) is 0 Å². The molecule has 1 unspecified atom stereocenters. The van der Waals surface area contributed by atoms with Crippen LogP contribution in [0.3, 0.4) is 0 Å². The second kappa shape index (κ2) is 5.26. The van der Waals surface area contributed by atoms with E-state index in [0.29, 0.717) is 6.54 Å². The number of nitrogens with two attached hydrogens (primary N) is 1. The van der Waals surface area contributed by atoms with Crippen LogP contribution in [0.1, 0.15) is 35.6 Å². The van der Waals surface area contributed by atoms with Crippen LogP contribution >= 0.6 is 0 Å². The standard InChI is InChI=1S/C16H19N3O2/c1-3-12-5-7-14(21-12)15(17)10-4-6-13-11(8-10)9-19(2)16(20)18-13/h4-8,15H,3,9,17H2,1-2H3,(H,18,20). The van der Waals surface area contributed by atoms with Crippen LogP contribution in [0.25, 0.3) is 0 Å². The molecule has 2 heterocycles. The van der Waals surface area contributed by atoms with Crippen LogP contribution in [0.15, 0.2) is 34.7 Å². The summed E-state index contributed by atoms with van der Waals surface area (Å²) < 4.78 is 5.73. The number of urea groups is 1. The summed E-state index contributed by atoms with van der Waals surface area (Å²) in [6.45, 7) is 2.63. The van der Waals surface area contributed by atoms with Crippen molar-refractivity contribution >= 4 is 11.7 Å². The summed E-state index contributed by atoms with van der Waals surface area (Å²) in [4.78, 5) is 13.2. The topological polar surface area (TPSA) is 71.5 Å². The normalized spacial score (nSPS) is 15.6. The van der Waals surface area contributed by atoms with Crippen molar-refractivity contribution in [3.8, 4) is 0 Å². The first-order chi connectivity index (χ1) is 10.1. The van der Waals surface area contributed by atoms with Crippen LogP contribution in [-0.4, -0.2) is 18.0 Å². The number of fused-ring (bicyclic) bond motifs is 1. The first-order valence-electron chi connectivity index (χ1n) is 7.07. The monoisotopic (exact) mass is 285 g/mol. The van der Waals surface area contributed by atoms with E-state index >= 15 is 0 Å². The van der Waals surface area contributed by atoms with Gasteiger partial charge in [-0.15, -0.1) is 0 Å². The molecule has 0 spiro atoms. The second-order valence-corrected chi connectivity index (χ2v) is 5.34. The Kier molecular flexibility index (Phi) is 3.43. The zero-order valence-corrected chi connectivity index (χ0v) is 12.2. The van der Waals surface area contributed by atoms with Crippen molar-refractivity contribution in [3.05, 3.63) is 53.0 Å². The Labute approximate surface area is 123 Å². The number of amides is 2. The van der Waals surface area contributed by atoms with E-state index in [-0.39, 0.29) is 12.1 Å². The first-order valence-corrected chi connectivity index (χ1v) is 7.07. The Morgan fingerprint density at radius 2 is 2.19 bits per heavy atom. The number of furan rings is 1. The zero-order chi connectivity index (χ0) is 15.0. The van der Waals surface area contributed by atoms with Crippen LogP contribution in [-0.2, 0) is 13.0 Å². The molecule has 1 aromatic carbocycles. The lowest BCUT2D eigenvalue weighted by atomic mass is 10.0. The van der Waals surface area contributed by atoms with Gasteiger partial charge in [0.25, 0.3) is 0 Å². The Morgan fingerprint density at radius 1 is 1.38 bits per heavy atom. The minimum absolute atomic E-state index is 0.0850. The molecule has 5 heteroatoms. The van der Waals surface area contributed by atoms with Crippen LogP contribution in [0.4, 0.5) is 10.5 Å². The number of hydrogen-bond donors (Lipinski definition) is 2. The lowest BCUT2D eigenvalue weighted by Gasteiger charge is -2.26. The minimum atomic E-state index is -0.293. The molecule has 5 nitrogen and oxygen atoms in total. The van der Waals surface area contributed by atoms with Gasteiger partial charge in [0.1, 0.15) is 11.5 Å². The number of carbonyl (C=O) groups is 1. The van der Waals surface area contributed by atoms with Crippen molar-refractivity contribution in [2.24, 2.45) is 5.73 Å². The molecule has 2 amide bonds. The van der Waals surface area contributed by atoms with Gasteiger partial charge < -0.3 is 20.4 Å². The Hall–Kier alpha value is -2.27. The fourth-order valence-electron chi connectivity index (χ4n) is 2.51. The summed E-state index contributed by atoms with van der Waals surface area (Å²) in [5.41, 5.74) is 9.18. The SMILES string of the molecule is CCc1ccc(C(N)c2ccc3c(c2)CN(C)C(=O)N3)o1. The van der Waals surface area contributed by atoms with Crippen LogP contribution in [0, 0.1) is 0 Å². The van der Waals surface area contributed by atoms with E-state index in [1.807, 2.05) is 37.3 Å². The van der Waals surface area contributed by atoms with E-state index in [2.05, 4.69) is 5.32 Å². The molecule has 0 bridgehead atoms. The molecule has 2 aromatic rings. The summed E-state index contributed by atoms with van der Waals surface area (Å²) in [5, 5.41) is 2.85. The molecule has 0 saturated heterocycles. The lowest BCUT2D eigenvalue weighted by Crippen LogP contribution is -2.35. The number of carbonyl (C=O) groups excluding carboxylic acids is 1. The fraction of sp³-hybridized carbons (Fsp3) is 0.312. The van der Waals surface area contributed by atoms with Crippen molar-refractivity contribution < 1.29 is 9.21 Å². The predicted molar refractivity (Wildman–Crippen MR) is 81.0 cm³/mol. The van der Waals surface area contributed by atoms with Gasteiger partial charge >= 0.3 is 6.03 Å². The zero-order valence-electron chi connectivity index (χ0n) is 12.2. The number of anilines is 1. The van der Waals surface area contributed by atoms with E-state index in [1.165, 1.54) is 0 Å². The van der Waals surface area contributed by atoms with Gasteiger partial charge in [-0.05, 0) is 35.4 Å². The molecule has 0 fully saturated rings. The number of nitrogens with zero attached hydrogens (tertiary/aromatic N) is 1. The van der Waals surface area contributed by atoms with Gasteiger partial charge in [-0.1, -0.05) is 13.0 Å². The molecule has 1 atom stereocenters. The Balaban J connectivity index is 1.89. The molecule has 110 valence electrons. The number of aryl methyl sites for hydroxylation is 1. The highest BCUT2D eigenvalue weighted by Crippen LogP contribution is 2.28. The third-order valence-electron chi connectivity index (χ3n) is 3.82. The molecular weight excluding hydrogens is 266 g/mol. The molecule has 0 aliphatic carbocycles. The quantitative estimate of drug-likeness (QED) is 0.911. The molecule has 1 aliphatic heterocycles. The van der Waals surface area contributed by atoms with Gasteiger partial charge in [0, 0.05) is 25.7 Å². The molecule has 21 heavy (non-hydrogen) atoms. The average Bonchev–Trinajstić information content (AvgIpc) is 2.96. The third kappa shape index (κ3) is 2.52. The summed E-state index contributed by atoms with van der Waals surface area (Å²) in [7, 11) is 1.77. The summed E-state index contributed by atoms with van der Waals surface area (Å²) in [5.74, 6) is 1.70. The minimum Gasteiger partial charge on any atom is -0.464 e. The van der Waals surface area contributed by atoms with E-state index in [0.717, 1.165) is 34.8 Å². The van der Waals surface area contributed by atoms with E-state index < -0.39 is 0 Å². The number of benzene rings is 1. The maximum atomic E-state index is 11.6. The Morgan fingerprint density at radius 3 is 2.90 bits per heavy atom. The van der Waals surface area contributed by atoms with E-state index in [1.54, 1.807) is 11.9 Å². The molecule has 1 aromatic heterocycles. The highest BCUT2D eigenvalue weighted by Gasteiger charge is 2.21.